The molecule has 1 amide bonds. The summed E-state index contributed by atoms with van der Waals surface area (Å²) in [6.07, 6.45) is 8.13. The van der Waals surface area contributed by atoms with Gasteiger partial charge in [-0.2, -0.15) is 0 Å². The SMILES string of the molecule is Nc1ncccc1-c1nc2cccnc2n1-c1ccc(CNC(=O)C2C=CC=C(F)C2)cc1. The van der Waals surface area contributed by atoms with Crippen LogP contribution in [0.5, 0.6) is 0 Å². The number of amides is 1. The molecule has 33 heavy (non-hydrogen) atoms. The number of allylic oxidation sites excluding steroid dienone is 3. The number of nitrogen functional groups attached to an aromatic ring is 1. The van der Waals surface area contributed by atoms with E-state index in [1.165, 1.54) is 6.08 Å². The van der Waals surface area contributed by atoms with Crippen LogP contribution in [0.4, 0.5) is 10.2 Å². The van der Waals surface area contributed by atoms with Crippen molar-refractivity contribution >= 4 is 22.9 Å². The normalized spacial score (nSPS) is 15.4. The van der Waals surface area contributed by atoms with Gasteiger partial charge in [-0.25, -0.2) is 19.3 Å². The highest BCUT2D eigenvalue weighted by atomic mass is 19.1. The third-order valence-corrected chi connectivity index (χ3v) is 5.53. The van der Waals surface area contributed by atoms with E-state index in [-0.39, 0.29) is 18.2 Å². The molecule has 0 saturated carbocycles. The number of nitrogens with one attached hydrogen (secondary N) is 1. The van der Waals surface area contributed by atoms with Crippen molar-refractivity contribution < 1.29 is 9.18 Å². The summed E-state index contributed by atoms with van der Waals surface area (Å²) in [5.74, 6) is 0.0714. The molecule has 3 N–H and O–H groups in total. The van der Waals surface area contributed by atoms with Crippen LogP contribution >= 0.6 is 0 Å². The van der Waals surface area contributed by atoms with Gasteiger partial charge in [0.05, 0.1) is 11.5 Å². The fourth-order valence-corrected chi connectivity index (χ4v) is 3.85. The maximum Gasteiger partial charge on any atom is 0.227 e. The number of anilines is 1. The number of fused-ring (bicyclic) bond motifs is 1. The molecule has 0 spiro atoms. The highest BCUT2D eigenvalue weighted by Gasteiger charge is 2.20. The fourth-order valence-electron chi connectivity index (χ4n) is 3.85. The van der Waals surface area contributed by atoms with E-state index >= 15 is 0 Å². The smallest absolute Gasteiger partial charge is 0.227 e. The second-order valence-electron chi connectivity index (χ2n) is 7.75. The summed E-state index contributed by atoms with van der Waals surface area (Å²) in [6.45, 7) is 0.347. The molecule has 0 radical (unpaired) electrons. The van der Waals surface area contributed by atoms with Crippen molar-refractivity contribution in [3.8, 4) is 17.1 Å². The first kappa shape index (κ1) is 20.6. The van der Waals surface area contributed by atoms with Gasteiger partial charge in [0.1, 0.15) is 17.2 Å². The number of aromatic nitrogens is 4. The van der Waals surface area contributed by atoms with Crippen LogP contribution in [0, 0.1) is 5.92 Å². The maximum atomic E-state index is 13.4. The number of nitrogens with zero attached hydrogens (tertiary/aromatic N) is 4. The molecule has 1 aromatic carbocycles. The Morgan fingerprint density at radius 1 is 1.12 bits per heavy atom. The number of hydrogen-bond acceptors (Lipinski definition) is 5. The Bertz CT molecular complexity index is 1390. The van der Waals surface area contributed by atoms with Gasteiger partial charge in [-0.15, -0.1) is 0 Å². The zero-order chi connectivity index (χ0) is 22.8. The largest absolute Gasteiger partial charge is 0.383 e. The van der Waals surface area contributed by atoms with Gasteiger partial charge < -0.3 is 11.1 Å². The van der Waals surface area contributed by atoms with Gasteiger partial charge in [-0.05, 0) is 48.0 Å². The molecule has 5 rings (SSSR count). The lowest BCUT2D eigenvalue weighted by Crippen LogP contribution is -2.29. The first-order chi connectivity index (χ1) is 16.1. The summed E-state index contributed by atoms with van der Waals surface area (Å²) in [5.41, 5.74) is 10.1. The minimum Gasteiger partial charge on any atom is -0.383 e. The molecule has 1 aliphatic rings. The van der Waals surface area contributed by atoms with Crippen LogP contribution < -0.4 is 11.1 Å². The molecule has 0 aliphatic heterocycles. The van der Waals surface area contributed by atoms with Crippen molar-refractivity contribution in [2.75, 3.05) is 5.73 Å². The van der Waals surface area contributed by atoms with E-state index in [2.05, 4.69) is 15.3 Å². The van der Waals surface area contributed by atoms with Crippen molar-refractivity contribution in [1.29, 1.82) is 0 Å². The fraction of sp³-hybridized carbons (Fsp3) is 0.120. The Morgan fingerprint density at radius 2 is 1.91 bits per heavy atom. The molecule has 7 nitrogen and oxygen atoms in total. The Morgan fingerprint density at radius 3 is 2.70 bits per heavy atom. The Balaban J connectivity index is 1.41. The first-order valence-electron chi connectivity index (χ1n) is 10.5. The third-order valence-electron chi connectivity index (χ3n) is 5.53. The average Bonchev–Trinajstić information content (AvgIpc) is 3.22. The highest BCUT2D eigenvalue weighted by molar-refractivity contribution is 5.83. The standard InChI is InChI=1S/C25H21FN6O/c26-18-5-1-4-17(14-18)25(33)30-15-16-8-10-19(11-9-16)32-23(20-6-2-12-28-22(20)27)31-21-7-3-13-29-24(21)32/h1-13,17H,14-15H2,(H2,27,28)(H,30,33). The van der Waals surface area contributed by atoms with Crippen LogP contribution in [-0.4, -0.2) is 25.4 Å². The molecule has 0 bridgehead atoms. The van der Waals surface area contributed by atoms with Crippen LogP contribution in [0.2, 0.25) is 0 Å². The van der Waals surface area contributed by atoms with Gasteiger partial charge in [0, 0.05) is 31.0 Å². The van der Waals surface area contributed by atoms with Crippen LogP contribution in [-0.2, 0) is 11.3 Å². The Hall–Kier alpha value is -4.33. The van der Waals surface area contributed by atoms with E-state index in [9.17, 15) is 9.18 Å². The number of carbonyl (C=O) groups is 1. The number of pyridine rings is 2. The van der Waals surface area contributed by atoms with Crippen molar-refractivity contribution in [3.05, 3.63) is 90.5 Å². The number of hydrogen-bond donors (Lipinski definition) is 2. The van der Waals surface area contributed by atoms with Crippen LogP contribution in [0.25, 0.3) is 28.2 Å². The highest BCUT2D eigenvalue weighted by Crippen LogP contribution is 2.30. The second kappa shape index (κ2) is 8.66. The van der Waals surface area contributed by atoms with E-state index in [4.69, 9.17) is 10.7 Å². The van der Waals surface area contributed by atoms with Crippen LogP contribution in [0.15, 0.2) is 85.0 Å². The summed E-state index contributed by atoms with van der Waals surface area (Å²) >= 11 is 0. The van der Waals surface area contributed by atoms with E-state index in [1.54, 1.807) is 24.5 Å². The lowest BCUT2D eigenvalue weighted by atomic mass is 9.99. The minimum atomic E-state index is -0.481. The summed E-state index contributed by atoms with van der Waals surface area (Å²) < 4.78 is 15.4. The summed E-state index contributed by atoms with van der Waals surface area (Å²) in [7, 11) is 0. The Labute approximate surface area is 189 Å². The van der Waals surface area contributed by atoms with Crippen LogP contribution in [0.3, 0.4) is 0 Å². The zero-order valence-corrected chi connectivity index (χ0v) is 17.6. The monoisotopic (exact) mass is 440 g/mol. The van der Waals surface area contributed by atoms with Gasteiger partial charge in [0.25, 0.3) is 0 Å². The van der Waals surface area contributed by atoms with Gasteiger partial charge in [-0.1, -0.05) is 24.3 Å². The summed E-state index contributed by atoms with van der Waals surface area (Å²) in [4.78, 5) is 25.8. The van der Waals surface area contributed by atoms with Crippen molar-refractivity contribution in [2.24, 2.45) is 5.92 Å². The molecule has 164 valence electrons. The van der Waals surface area contributed by atoms with Gasteiger partial charge in [-0.3, -0.25) is 9.36 Å². The van der Waals surface area contributed by atoms with Crippen molar-refractivity contribution in [3.63, 3.8) is 0 Å². The maximum absolute atomic E-state index is 13.4. The topological polar surface area (TPSA) is 98.7 Å². The third kappa shape index (κ3) is 4.10. The molecule has 8 heteroatoms. The molecule has 1 aliphatic carbocycles. The molecule has 0 fully saturated rings. The lowest BCUT2D eigenvalue weighted by Gasteiger charge is -2.15. The zero-order valence-electron chi connectivity index (χ0n) is 17.6. The average molecular weight is 440 g/mol. The number of imidazole rings is 1. The predicted molar refractivity (Wildman–Crippen MR) is 125 cm³/mol. The summed E-state index contributed by atoms with van der Waals surface area (Å²) in [6, 6.07) is 15.2. The first-order valence-corrected chi connectivity index (χ1v) is 10.5. The number of halogens is 1. The number of benzene rings is 1. The van der Waals surface area contributed by atoms with Gasteiger partial charge >= 0.3 is 0 Å². The number of carbonyl (C=O) groups excluding carboxylic acids is 1. The van der Waals surface area contributed by atoms with E-state index in [0.29, 0.717) is 29.4 Å². The Kier molecular flexibility index (Phi) is 5.40. The molecule has 3 aromatic heterocycles. The predicted octanol–water partition coefficient (Wildman–Crippen LogP) is 4.11. The molecular formula is C25H21FN6O. The molecule has 1 unspecified atom stereocenters. The number of rotatable bonds is 5. The van der Waals surface area contributed by atoms with E-state index in [0.717, 1.165) is 16.8 Å². The van der Waals surface area contributed by atoms with Crippen molar-refractivity contribution in [1.82, 2.24) is 24.8 Å². The summed E-state index contributed by atoms with van der Waals surface area (Å²) in [5, 5.41) is 2.88. The van der Waals surface area contributed by atoms with Crippen molar-refractivity contribution in [2.45, 2.75) is 13.0 Å². The molecule has 0 saturated heterocycles. The second-order valence-corrected chi connectivity index (χ2v) is 7.75. The quantitative estimate of drug-likeness (QED) is 0.487. The van der Waals surface area contributed by atoms with Gasteiger partial charge in [0.15, 0.2) is 11.5 Å². The molecule has 3 heterocycles. The number of nitrogens with two attached hydrogens (primary N) is 1. The lowest BCUT2D eigenvalue weighted by molar-refractivity contribution is -0.123. The molecule has 4 aromatic rings. The van der Waals surface area contributed by atoms with E-state index in [1.807, 2.05) is 53.1 Å². The van der Waals surface area contributed by atoms with E-state index < -0.39 is 5.92 Å². The minimum absolute atomic E-state index is 0.0994. The van der Waals surface area contributed by atoms with Gasteiger partial charge in [0.2, 0.25) is 5.91 Å². The molecule has 1 atom stereocenters. The van der Waals surface area contributed by atoms with Crippen LogP contribution in [0.1, 0.15) is 12.0 Å². The molecular weight excluding hydrogens is 419 g/mol.